The highest BCUT2D eigenvalue weighted by molar-refractivity contribution is 7.28. The van der Waals surface area contributed by atoms with Crippen molar-refractivity contribution >= 4 is 208 Å². The van der Waals surface area contributed by atoms with E-state index in [1.165, 1.54) is 96.6 Å². The number of thiophene rings is 1. The summed E-state index contributed by atoms with van der Waals surface area (Å²) in [4.78, 5) is 14.9. The first-order chi connectivity index (χ1) is 29.4. The largest absolute Gasteiger partial charge is 0.456 e. The zero-order chi connectivity index (χ0) is 42.2. The number of benzene rings is 7. The maximum absolute atomic E-state index is 6.68. The molecule has 0 atom stereocenters. The fourth-order valence-electron chi connectivity index (χ4n) is 9.91. The van der Waals surface area contributed by atoms with Gasteiger partial charge in [-0.3, -0.25) is 0 Å². The van der Waals surface area contributed by atoms with Crippen LogP contribution >= 0.6 is 11.3 Å². The van der Waals surface area contributed by atoms with Crippen LogP contribution in [-0.4, -0.2) is 98.0 Å². The summed E-state index contributed by atoms with van der Waals surface area (Å²) in [5.74, 6) is 1.87. The number of hydrogen-bond donors (Lipinski definition) is 0. The monoisotopic (exact) mass is 790 g/mol. The van der Waals surface area contributed by atoms with Gasteiger partial charge in [-0.1, -0.05) is 105 Å². The molecule has 0 unspecified atom stereocenters. The van der Waals surface area contributed by atoms with E-state index in [1.807, 2.05) is 72.0 Å². The second kappa shape index (κ2) is 13.8. The maximum Gasteiger partial charge on any atom is 0.164 e. The molecule has 0 amide bonds. The van der Waals surface area contributed by atoms with E-state index in [0.29, 0.717) is 17.5 Å². The molecule has 0 fully saturated rings. The second-order valence-electron chi connectivity index (χ2n) is 17.1. The topological polar surface area (TPSA) is 56.7 Å². The average Bonchev–Trinajstić information content (AvgIpc) is 3.98. The van der Waals surface area contributed by atoms with Gasteiger partial charge in [-0.2, -0.15) is 0 Å². The first-order valence-corrected chi connectivity index (χ1v) is 21.9. The van der Waals surface area contributed by atoms with Gasteiger partial charge in [-0.15, -0.1) is 27.7 Å². The van der Waals surface area contributed by atoms with E-state index in [9.17, 15) is 0 Å². The van der Waals surface area contributed by atoms with Crippen molar-refractivity contribution in [3.05, 3.63) is 97.1 Å². The standard InChI is InChI=1S/C45H36B10N4OS/c46-29-26-25-30(47)33(50)35(52)37(54)39(25)59(40(26)42-28(31(29)48)27-32(49)34(51)36(53)38(55)41(27)61-42)20-12-14-23-22(16-20)21-13-11-19(15-24(21)60-23)45-57-43(17-7-3-1-4-8-17)56-44(58-45)18-9-5-2-6-10-18/h1-16H,46-55H2. The molecule has 0 aliphatic rings. The van der Waals surface area contributed by atoms with Gasteiger partial charge in [-0.25, -0.2) is 15.0 Å². The Hall–Kier alpha value is -5.98. The summed E-state index contributed by atoms with van der Waals surface area (Å²) in [5, 5.41) is 7.67. The van der Waals surface area contributed by atoms with Crippen molar-refractivity contribution in [1.82, 2.24) is 19.5 Å². The van der Waals surface area contributed by atoms with Crippen LogP contribution < -0.4 is 54.6 Å². The quantitative estimate of drug-likeness (QED) is 0.168. The Morgan fingerprint density at radius 2 is 0.902 bits per heavy atom. The van der Waals surface area contributed by atoms with E-state index in [0.717, 1.165) is 44.3 Å². The number of hydrogen-bond acceptors (Lipinski definition) is 5. The van der Waals surface area contributed by atoms with Crippen LogP contribution in [0.5, 0.6) is 0 Å². The van der Waals surface area contributed by atoms with E-state index < -0.39 is 0 Å². The summed E-state index contributed by atoms with van der Waals surface area (Å²) in [6, 6.07) is 33.3. The Morgan fingerprint density at radius 3 is 1.54 bits per heavy atom. The first kappa shape index (κ1) is 38.0. The maximum atomic E-state index is 6.68. The van der Waals surface area contributed by atoms with Crippen LogP contribution in [0.15, 0.2) is 101 Å². The molecular formula is C45H36B10N4OS. The smallest absolute Gasteiger partial charge is 0.164 e. The van der Waals surface area contributed by atoms with Gasteiger partial charge in [-0.05, 0) is 46.5 Å². The molecule has 5 nitrogen and oxygen atoms in total. The molecule has 16 heteroatoms. The molecule has 0 N–H and O–H groups in total. The van der Waals surface area contributed by atoms with Crippen molar-refractivity contribution in [2.24, 2.45) is 0 Å². The Bertz CT molecular complexity index is 3660. The summed E-state index contributed by atoms with van der Waals surface area (Å²) in [7, 11) is 23.1. The lowest BCUT2D eigenvalue weighted by Crippen LogP contribution is -2.48. The zero-order valence-corrected chi connectivity index (χ0v) is 37.2. The Kier molecular flexibility index (Phi) is 8.57. The second-order valence-corrected chi connectivity index (χ2v) is 18.1. The van der Waals surface area contributed by atoms with Crippen molar-refractivity contribution in [1.29, 1.82) is 0 Å². The number of fused-ring (bicyclic) bond motifs is 10. The van der Waals surface area contributed by atoms with Crippen LogP contribution in [0.4, 0.5) is 0 Å². The van der Waals surface area contributed by atoms with Crippen molar-refractivity contribution in [3.63, 3.8) is 0 Å². The fourth-order valence-corrected chi connectivity index (χ4v) is 11.4. The van der Waals surface area contributed by atoms with Crippen molar-refractivity contribution in [2.45, 2.75) is 0 Å². The van der Waals surface area contributed by atoms with Crippen LogP contribution in [0.25, 0.3) is 104 Å². The summed E-state index contributed by atoms with van der Waals surface area (Å²) >= 11 is 1.97. The lowest BCUT2D eigenvalue weighted by molar-refractivity contribution is 0.669. The average molecular weight is 789 g/mol. The van der Waals surface area contributed by atoms with Crippen LogP contribution in [-0.2, 0) is 0 Å². The van der Waals surface area contributed by atoms with Gasteiger partial charge in [0.2, 0.25) is 0 Å². The van der Waals surface area contributed by atoms with Crippen LogP contribution in [0.2, 0.25) is 0 Å². The van der Waals surface area contributed by atoms with Gasteiger partial charge >= 0.3 is 0 Å². The third-order valence-corrected chi connectivity index (χ3v) is 15.4. The van der Waals surface area contributed by atoms with Gasteiger partial charge in [0.1, 0.15) is 89.6 Å². The molecule has 11 rings (SSSR count). The SMILES string of the molecule is Bc1c(B)c(B)c2c(sc3c2c(B)c(B)c2c4c(B)c(B)c(B)c(B)c4n(-c4ccc5oc6cc(-c7nc(-c8ccccc8)nc(-c8ccccc8)n7)ccc6c5c4)c32)c1B. The van der Waals surface area contributed by atoms with Gasteiger partial charge < -0.3 is 8.98 Å². The lowest BCUT2D eigenvalue weighted by Gasteiger charge is -2.16. The van der Waals surface area contributed by atoms with Crippen LogP contribution in [0, 0.1) is 0 Å². The first-order valence-electron chi connectivity index (χ1n) is 21.1. The Labute approximate surface area is 367 Å². The van der Waals surface area contributed by atoms with E-state index in [4.69, 9.17) is 19.4 Å². The van der Waals surface area contributed by atoms with E-state index in [-0.39, 0.29) is 0 Å². The third kappa shape index (κ3) is 5.43. The molecule has 61 heavy (non-hydrogen) atoms. The van der Waals surface area contributed by atoms with Crippen LogP contribution in [0.1, 0.15) is 0 Å². The summed E-state index contributed by atoms with van der Waals surface area (Å²) in [6.07, 6.45) is 0. The molecule has 4 aromatic heterocycles. The summed E-state index contributed by atoms with van der Waals surface area (Å²) in [6.45, 7) is 0. The van der Waals surface area contributed by atoms with Gasteiger partial charge in [0, 0.05) is 48.8 Å². The third-order valence-electron chi connectivity index (χ3n) is 14.1. The van der Waals surface area contributed by atoms with Crippen LogP contribution in [0.3, 0.4) is 0 Å². The predicted octanol–water partition coefficient (Wildman–Crippen LogP) is -5.18. The highest BCUT2D eigenvalue weighted by Gasteiger charge is 2.27. The molecule has 0 bridgehead atoms. The van der Waals surface area contributed by atoms with E-state index in [2.05, 4.69) is 119 Å². The minimum atomic E-state index is 0.603. The molecule has 0 spiro atoms. The van der Waals surface area contributed by atoms with Gasteiger partial charge in [0.15, 0.2) is 17.5 Å². The lowest BCUT2D eigenvalue weighted by atomic mass is 9.64. The fraction of sp³-hybridized carbons (Fsp3) is 0. The molecule has 0 saturated carbocycles. The Balaban J connectivity index is 1.17. The molecule has 11 aromatic rings. The summed E-state index contributed by atoms with van der Waals surface area (Å²) in [5.41, 5.74) is 21.8. The Morgan fingerprint density at radius 1 is 0.393 bits per heavy atom. The van der Waals surface area contributed by atoms with Crippen molar-refractivity contribution < 1.29 is 4.42 Å². The number of nitrogens with zero attached hydrogens (tertiary/aromatic N) is 4. The predicted molar refractivity (Wildman–Crippen MR) is 292 cm³/mol. The van der Waals surface area contributed by atoms with Gasteiger partial charge in [0.05, 0.1) is 10.2 Å². The van der Waals surface area contributed by atoms with Crippen molar-refractivity contribution in [3.8, 4) is 39.9 Å². The number of rotatable bonds is 4. The molecular weight excluding hydrogens is 753 g/mol. The highest BCUT2D eigenvalue weighted by atomic mass is 32.1. The molecule has 0 aliphatic heterocycles. The molecule has 7 aromatic carbocycles. The minimum absolute atomic E-state index is 0.603. The van der Waals surface area contributed by atoms with E-state index >= 15 is 0 Å². The van der Waals surface area contributed by atoms with E-state index in [1.54, 1.807) is 0 Å². The molecule has 0 saturated heterocycles. The molecule has 278 valence electrons. The zero-order valence-electron chi connectivity index (χ0n) is 36.3. The highest BCUT2D eigenvalue weighted by Crippen LogP contribution is 2.41. The van der Waals surface area contributed by atoms with Crippen molar-refractivity contribution in [2.75, 3.05) is 0 Å². The normalized spacial score (nSPS) is 11.9. The number of aromatic nitrogens is 4. The molecule has 4 heterocycles. The minimum Gasteiger partial charge on any atom is -0.456 e. The summed E-state index contributed by atoms with van der Waals surface area (Å²) < 4.78 is 12.0. The molecule has 0 aliphatic carbocycles. The molecule has 0 radical (unpaired) electrons. The number of furan rings is 1. The van der Waals surface area contributed by atoms with Gasteiger partial charge in [0.25, 0.3) is 0 Å².